The Morgan fingerprint density at radius 2 is 1.70 bits per heavy atom. The van der Waals surface area contributed by atoms with Crippen molar-refractivity contribution in [2.24, 2.45) is 10.9 Å². The zero-order valence-corrected chi connectivity index (χ0v) is 7.63. The standard InChI is InChI=1S/C8H18N2/c1-7(2)8(3)9-6-10(4)5/h6-8H,1-5H3/b9-6+. The van der Waals surface area contributed by atoms with Gasteiger partial charge in [0.05, 0.1) is 12.4 Å². The average Bonchev–Trinajstić information content (AvgIpc) is 1.82. The molecule has 2 heteroatoms. The predicted molar refractivity (Wildman–Crippen MR) is 46.5 cm³/mol. The molecule has 0 saturated heterocycles. The monoisotopic (exact) mass is 142 g/mol. The van der Waals surface area contributed by atoms with Gasteiger partial charge in [0.25, 0.3) is 0 Å². The van der Waals surface area contributed by atoms with Gasteiger partial charge in [0.15, 0.2) is 0 Å². The van der Waals surface area contributed by atoms with Crippen LogP contribution in [0.1, 0.15) is 20.8 Å². The lowest BCUT2D eigenvalue weighted by Crippen LogP contribution is -2.13. The molecule has 0 aromatic rings. The summed E-state index contributed by atoms with van der Waals surface area (Å²) >= 11 is 0. The van der Waals surface area contributed by atoms with Gasteiger partial charge in [-0.05, 0) is 12.8 Å². The lowest BCUT2D eigenvalue weighted by atomic mass is 10.1. The molecule has 0 amide bonds. The molecular weight excluding hydrogens is 124 g/mol. The molecule has 0 heterocycles. The Bertz CT molecular complexity index is 106. The second kappa shape index (κ2) is 4.31. The van der Waals surface area contributed by atoms with Crippen LogP contribution < -0.4 is 0 Å². The van der Waals surface area contributed by atoms with Gasteiger partial charge in [-0.3, -0.25) is 4.99 Å². The molecule has 0 spiro atoms. The van der Waals surface area contributed by atoms with Gasteiger partial charge < -0.3 is 4.90 Å². The Hall–Kier alpha value is -0.530. The molecule has 10 heavy (non-hydrogen) atoms. The van der Waals surface area contributed by atoms with Crippen molar-refractivity contribution in [3.05, 3.63) is 0 Å². The number of hydrogen-bond acceptors (Lipinski definition) is 1. The van der Waals surface area contributed by atoms with Crippen molar-refractivity contribution in [1.82, 2.24) is 4.90 Å². The average molecular weight is 142 g/mol. The molecule has 0 bridgehead atoms. The molecule has 1 unspecified atom stereocenters. The van der Waals surface area contributed by atoms with Crippen LogP contribution in [0.4, 0.5) is 0 Å². The van der Waals surface area contributed by atoms with Gasteiger partial charge in [0.2, 0.25) is 0 Å². The summed E-state index contributed by atoms with van der Waals surface area (Å²) in [5.41, 5.74) is 0. The summed E-state index contributed by atoms with van der Waals surface area (Å²) in [6.45, 7) is 6.49. The summed E-state index contributed by atoms with van der Waals surface area (Å²) in [4.78, 5) is 6.28. The van der Waals surface area contributed by atoms with Gasteiger partial charge in [-0.1, -0.05) is 13.8 Å². The first kappa shape index (κ1) is 9.47. The van der Waals surface area contributed by atoms with Crippen molar-refractivity contribution in [3.63, 3.8) is 0 Å². The molecule has 1 atom stereocenters. The van der Waals surface area contributed by atoms with E-state index in [0.29, 0.717) is 12.0 Å². The Morgan fingerprint density at radius 3 is 2.00 bits per heavy atom. The molecule has 0 aromatic heterocycles. The lowest BCUT2D eigenvalue weighted by molar-refractivity contribution is 0.522. The summed E-state index contributed by atoms with van der Waals surface area (Å²) in [7, 11) is 3.97. The number of aliphatic imine (C=N–C) groups is 1. The highest BCUT2D eigenvalue weighted by atomic mass is 15.1. The summed E-state index contributed by atoms with van der Waals surface area (Å²) in [6, 6.07) is 0.433. The van der Waals surface area contributed by atoms with Crippen LogP contribution in [0.15, 0.2) is 4.99 Å². The van der Waals surface area contributed by atoms with Crippen molar-refractivity contribution in [2.45, 2.75) is 26.8 Å². The fourth-order valence-corrected chi connectivity index (χ4v) is 0.411. The number of hydrogen-bond donors (Lipinski definition) is 0. The molecular formula is C8H18N2. The molecule has 0 aliphatic heterocycles. The summed E-state index contributed by atoms with van der Waals surface area (Å²) in [6.07, 6.45) is 1.87. The molecule has 0 aromatic carbocycles. The minimum Gasteiger partial charge on any atom is -0.369 e. The molecule has 0 rings (SSSR count). The first-order valence-electron chi connectivity index (χ1n) is 3.73. The molecule has 0 fully saturated rings. The normalized spacial score (nSPS) is 14.6. The summed E-state index contributed by atoms with van der Waals surface area (Å²) in [5, 5.41) is 0. The van der Waals surface area contributed by atoms with E-state index in [0.717, 1.165) is 0 Å². The fourth-order valence-electron chi connectivity index (χ4n) is 0.411. The third-order valence-electron chi connectivity index (χ3n) is 1.50. The first-order chi connectivity index (χ1) is 4.54. The minimum atomic E-state index is 0.433. The van der Waals surface area contributed by atoms with Crippen molar-refractivity contribution < 1.29 is 0 Å². The van der Waals surface area contributed by atoms with Crippen molar-refractivity contribution in [2.75, 3.05) is 14.1 Å². The highest BCUT2D eigenvalue weighted by molar-refractivity contribution is 5.54. The fraction of sp³-hybridized carbons (Fsp3) is 0.875. The largest absolute Gasteiger partial charge is 0.369 e. The van der Waals surface area contributed by atoms with Crippen LogP contribution in [-0.2, 0) is 0 Å². The third kappa shape index (κ3) is 4.36. The Balaban J connectivity index is 3.66. The van der Waals surface area contributed by atoms with Crippen LogP contribution in [0.2, 0.25) is 0 Å². The Kier molecular flexibility index (Phi) is 4.08. The van der Waals surface area contributed by atoms with E-state index in [1.165, 1.54) is 0 Å². The number of nitrogens with zero attached hydrogens (tertiary/aromatic N) is 2. The predicted octanol–water partition coefficient (Wildman–Crippen LogP) is 1.62. The van der Waals surface area contributed by atoms with Gasteiger partial charge in [-0.2, -0.15) is 0 Å². The molecule has 0 aliphatic carbocycles. The highest BCUT2D eigenvalue weighted by Crippen LogP contribution is 2.03. The zero-order chi connectivity index (χ0) is 8.15. The van der Waals surface area contributed by atoms with Crippen molar-refractivity contribution in [1.29, 1.82) is 0 Å². The van der Waals surface area contributed by atoms with Gasteiger partial charge in [0, 0.05) is 14.1 Å². The maximum absolute atomic E-state index is 4.32. The van der Waals surface area contributed by atoms with Crippen LogP contribution >= 0.6 is 0 Å². The van der Waals surface area contributed by atoms with E-state index in [2.05, 4.69) is 25.8 Å². The third-order valence-corrected chi connectivity index (χ3v) is 1.50. The zero-order valence-electron chi connectivity index (χ0n) is 7.63. The first-order valence-corrected chi connectivity index (χ1v) is 3.73. The van der Waals surface area contributed by atoms with Gasteiger partial charge in [0.1, 0.15) is 0 Å². The maximum Gasteiger partial charge on any atom is 0.0848 e. The minimum absolute atomic E-state index is 0.433. The highest BCUT2D eigenvalue weighted by Gasteiger charge is 2.01. The van der Waals surface area contributed by atoms with Gasteiger partial charge in [-0.25, -0.2) is 0 Å². The second-order valence-corrected chi connectivity index (χ2v) is 3.21. The van der Waals surface area contributed by atoms with E-state index >= 15 is 0 Å². The lowest BCUT2D eigenvalue weighted by Gasteiger charge is -2.11. The van der Waals surface area contributed by atoms with E-state index in [1.807, 2.05) is 25.3 Å². The molecule has 60 valence electrons. The smallest absolute Gasteiger partial charge is 0.0848 e. The quantitative estimate of drug-likeness (QED) is 0.432. The van der Waals surface area contributed by atoms with Crippen LogP contribution in [0, 0.1) is 5.92 Å². The maximum atomic E-state index is 4.32. The summed E-state index contributed by atoms with van der Waals surface area (Å²) < 4.78 is 0. The van der Waals surface area contributed by atoms with Crippen molar-refractivity contribution in [3.8, 4) is 0 Å². The van der Waals surface area contributed by atoms with Crippen LogP contribution in [0.5, 0.6) is 0 Å². The second-order valence-electron chi connectivity index (χ2n) is 3.21. The van der Waals surface area contributed by atoms with E-state index < -0.39 is 0 Å². The molecule has 0 aliphatic rings. The molecule has 0 N–H and O–H groups in total. The van der Waals surface area contributed by atoms with Crippen LogP contribution in [-0.4, -0.2) is 31.4 Å². The van der Waals surface area contributed by atoms with Crippen LogP contribution in [0.25, 0.3) is 0 Å². The Morgan fingerprint density at radius 1 is 1.20 bits per heavy atom. The topological polar surface area (TPSA) is 15.6 Å². The van der Waals surface area contributed by atoms with Crippen molar-refractivity contribution >= 4 is 6.34 Å². The summed E-state index contributed by atoms with van der Waals surface area (Å²) in [5.74, 6) is 0.635. The van der Waals surface area contributed by atoms with E-state index in [1.54, 1.807) is 0 Å². The number of rotatable bonds is 3. The SMILES string of the molecule is CC(C)C(C)/N=C/N(C)C. The van der Waals surface area contributed by atoms with E-state index in [-0.39, 0.29) is 0 Å². The van der Waals surface area contributed by atoms with E-state index in [9.17, 15) is 0 Å². The van der Waals surface area contributed by atoms with Gasteiger partial charge >= 0.3 is 0 Å². The van der Waals surface area contributed by atoms with E-state index in [4.69, 9.17) is 0 Å². The molecule has 2 nitrogen and oxygen atoms in total. The Labute approximate surface area is 63.9 Å². The van der Waals surface area contributed by atoms with Crippen LogP contribution in [0.3, 0.4) is 0 Å². The molecule has 0 radical (unpaired) electrons. The molecule has 0 saturated carbocycles. The van der Waals surface area contributed by atoms with Gasteiger partial charge in [-0.15, -0.1) is 0 Å².